The van der Waals surface area contributed by atoms with Crippen LogP contribution in [0, 0.1) is 0 Å². The van der Waals surface area contributed by atoms with Crippen LogP contribution < -0.4 is 20.0 Å². The summed E-state index contributed by atoms with van der Waals surface area (Å²) >= 11 is 6.08. The Balaban J connectivity index is 1.22. The van der Waals surface area contributed by atoms with E-state index in [2.05, 4.69) is 11.4 Å². The SMILES string of the molecule is O=C(C[NH+]1CC[NH+](Cc2cccc(Cl)c2)CC1)Nc1ccc(N2CCCC2=O)cc1. The summed E-state index contributed by atoms with van der Waals surface area (Å²) in [6.07, 6.45) is 1.53. The van der Waals surface area contributed by atoms with Gasteiger partial charge in [0.2, 0.25) is 5.91 Å². The van der Waals surface area contributed by atoms with Crippen molar-refractivity contribution < 1.29 is 19.4 Å². The molecule has 3 N–H and O–H groups in total. The van der Waals surface area contributed by atoms with E-state index in [0.29, 0.717) is 13.0 Å². The van der Waals surface area contributed by atoms with Crippen molar-refractivity contribution in [2.75, 3.05) is 49.5 Å². The van der Waals surface area contributed by atoms with Gasteiger partial charge in [0.25, 0.3) is 5.91 Å². The highest BCUT2D eigenvalue weighted by Gasteiger charge is 2.25. The van der Waals surface area contributed by atoms with Gasteiger partial charge in [0.1, 0.15) is 32.7 Å². The smallest absolute Gasteiger partial charge is 0.279 e. The Bertz CT molecular complexity index is 894. The first kappa shape index (κ1) is 20.8. The van der Waals surface area contributed by atoms with Gasteiger partial charge < -0.3 is 20.0 Å². The van der Waals surface area contributed by atoms with Gasteiger partial charge >= 0.3 is 0 Å². The summed E-state index contributed by atoms with van der Waals surface area (Å²) in [5, 5.41) is 3.78. The molecule has 158 valence electrons. The summed E-state index contributed by atoms with van der Waals surface area (Å²) in [5.41, 5.74) is 2.94. The molecule has 0 aromatic heterocycles. The second kappa shape index (κ2) is 9.60. The third-order valence-electron chi connectivity index (χ3n) is 5.95. The number of amides is 2. The second-order valence-electron chi connectivity index (χ2n) is 8.23. The fourth-order valence-corrected chi connectivity index (χ4v) is 4.54. The highest BCUT2D eigenvalue weighted by Crippen LogP contribution is 2.22. The lowest BCUT2D eigenvalue weighted by Crippen LogP contribution is -3.28. The van der Waals surface area contributed by atoms with E-state index in [9.17, 15) is 9.59 Å². The molecule has 0 spiro atoms. The van der Waals surface area contributed by atoms with Crippen molar-refractivity contribution in [3.8, 4) is 0 Å². The number of anilines is 2. The van der Waals surface area contributed by atoms with Gasteiger partial charge in [-0.2, -0.15) is 0 Å². The van der Waals surface area contributed by atoms with Crippen LogP contribution in [0.15, 0.2) is 48.5 Å². The minimum atomic E-state index is 0.0355. The topological polar surface area (TPSA) is 58.3 Å². The van der Waals surface area contributed by atoms with Gasteiger partial charge in [-0.3, -0.25) is 9.59 Å². The monoisotopic (exact) mass is 428 g/mol. The van der Waals surface area contributed by atoms with E-state index in [1.165, 1.54) is 15.4 Å². The maximum absolute atomic E-state index is 12.5. The second-order valence-corrected chi connectivity index (χ2v) is 8.66. The zero-order valence-electron chi connectivity index (χ0n) is 17.1. The van der Waals surface area contributed by atoms with Gasteiger partial charge in [-0.1, -0.05) is 23.7 Å². The maximum Gasteiger partial charge on any atom is 0.279 e. The van der Waals surface area contributed by atoms with E-state index >= 15 is 0 Å². The number of nitrogens with zero attached hydrogens (tertiary/aromatic N) is 1. The molecule has 0 saturated carbocycles. The normalized spacial score (nSPS) is 21.6. The molecule has 2 aliphatic rings. The number of hydrogen-bond acceptors (Lipinski definition) is 2. The van der Waals surface area contributed by atoms with Gasteiger partial charge in [-0.15, -0.1) is 0 Å². The van der Waals surface area contributed by atoms with Crippen LogP contribution in [0.1, 0.15) is 18.4 Å². The lowest BCUT2D eigenvalue weighted by atomic mass is 10.2. The first-order valence-electron chi connectivity index (χ1n) is 10.7. The number of piperazine rings is 1. The molecule has 2 heterocycles. The lowest BCUT2D eigenvalue weighted by Gasteiger charge is -2.29. The van der Waals surface area contributed by atoms with Crippen molar-refractivity contribution in [1.82, 2.24) is 0 Å². The Labute approximate surface area is 182 Å². The van der Waals surface area contributed by atoms with Gasteiger partial charge in [-0.25, -0.2) is 0 Å². The van der Waals surface area contributed by atoms with Gasteiger partial charge in [0, 0.05) is 34.9 Å². The molecule has 2 aromatic rings. The van der Waals surface area contributed by atoms with Crippen LogP contribution in [0.25, 0.3) is 0 Å². The molecule has 2 aromatic carbocycles. The lowest BCUT2D eigenvalue weighted by molar-refractivity contribution is -1.02. The van der Waals surface area contributed by atoms with Crippen LogP contribution in [0.5, 0.6) is 0 Å². The first-order valence-corrected chi connectivity index (χ1v) is 11.1. The van der Waals surface area contributed by atoms with Crippen LogP contribution in [0.2, 0.25) is 5.02 Å². The molecule has 6 nitrogen and oxygen atoms in total. The summed E-state index contributed by atoms with van der Waals surface area (Å²) < 4.78 is 0. The molecule has 2 saturated heterocycles. The van der Waals surface area contributed by atoms with Crippen molar-refractivity contribution >= 4 is 34.8 Å². The molecule has 4 rings (SSSR count). The summed E-state index contributed by atoms with van der Waals surface area (Å²) in [6.45, 7) is 6.31. The largest absolute Gasteiger partial charge is 0.322 e. The average molecular weight is 429 g/mol. The van der Waals surface area contributed by atoms with E-state index in [4.69, 9.17) is 11.6 Å². The van der Waals surface area contributed by atoms with Crippen molar-refractivity contribution in [2.24, 2.45) is 0 Å². The Morgan fingerprint density at radius 1 is 1.03 bits per heavy atom. The molecule has 30 heavy (non-hydrogen) atoms. The van der Waals surface area contributed by atoms with Crippen molar-refractivity contribution in [2.45, 2.75) is 19.4 Å². The van der Waals surface area contributed by atoms with Crippen LogP contribution >= 0.6 is 11.6 Å². The number of hydrogen-bond donors (Lipinski definition) is 3. The highest BCUT2D eigenvalue weighted by atomic mass is 35.5. The number of quaternary nitrogens is 2. The zero-order chi connectivity index (χ0) is 20.9. The number of carbonyl (C=O) groups excluding carboxylic acids is 2. The maximum atomic E-state index is 12.5. The molecule has 7 heteroatoms. The molecule has 2 aliphatic heterocycles. The van der Waals surface area contributed by atoms with Crippen molar-refractivity contribution in [3.05, 3.63) is 59.1 Å². The van der Waals surface area contributed by atoms with Crippen LogP contribution in [0.4, 0.5) is 11.4 Å². The number of carbonyl (C=O) groups is 2. The molecule has 0 aliphatic carbocycles. The molecule has 0 unspecified atom stereocenters. The summed E-state index contributed by atoms with van der Waals surface area (Å²) in [7, 11) is 0. The van der Waals surface area contributed by atoms with Crippen molar-refractivity contribution in [3.63, 3.8) is 0 Å². The summed E-state index contributed by atoms with van der Waals surface area (Å²) in [5.74, 6) is 0.209. The molecule has 2 amide bonds. The Hall–Kier alpha value is -2.41. The van der Waals surface area contributed by atoms with E-state index in [1.54, 1.807) is 4.90 Å². The predicted octanol–water partition coefficient (Wildman–Crippen LogP) is 0.389. The average Bonchev–Trinajstić information content (AvgIpc) is 3.16. The molecular weight excluding hydrogens is 400 g/mol. The van der Waals surface area contributed by atoms with Crippen molar-refractivity contribution in [1.29, 1.82) is 0 Å². The van der Waals surface area contributed by atoms with Gasteiger partial charge in [0.05, 0.1) is 0 Å². The van der Waals surface area contributed by atoms with Gasteiger partial charge in [-0.05, 0) is 42.8 Å². The quantitative estimate of drug-likeness (QED) is 0.623. The fourth-order valence-electron chi connectivity index (χ4n) is 4.32. The molecule has 0 bridgehead atoms. The Morgan fingerprint density at radius 2 is 1.77 bits per heavy atom. The van der Waals surface area contributed by atoms with E-state index in [-0.39, 0.29) is 11.8 Å². The minimum Gasteiger partial charge on any atom is -0.322 e. The molecular formula is C23H29ClN4O2+2. The number of benzene rings is 2. The number of halogens is 1. The van der Waals surface area contributed by atoms with Crippen LogP contribution in [-0.4, -0.2) is 51.1 Å². The minimum absolute atomic E-state index is 0.0355. The van der Waals surface area contributed by atoms with E-state index in [1.807, 2.05) is 42.5 Å². The number of nitrogens with one attached hydrogen (secondary N) is 3. The zero-order valence-corrected chi connectivity index (χ0v) is 17.9. The molecule has 0 atom stereocenters. The Kier molecular flexibility index (Phi) is 6.67. The van der Waals surface area contributed by atoms with Crippen LogP contribution in [0.3, 0.4) is 0 Å². The predicted molar refractivity (Wildman–Crippen MR) is 118 cm³/mol. The third kappa shape index (κ3) is 5.39. The van der Waals surface area contributed by atoms with E-state index in [0.717, 1.165) is 62.1 Å². The summed E-state index contributed by atoms with van der Waals surface area (Å²) in [6, 6.07) is 15.6. The standard InChI is InChI=1S/C23H27ClN4O2/c24-19-4-1-3-18(15-19)16-26-11-13-27(14-12-26)17-22(29)25-20-6-8-21(9-7-20)28-10-2-5-23(28)30/h1,3-4,6-9,15H,2,5,10-14,16-17H2,(H,25,29)/p+2. The van der Waals surface area contributed by atoms with Gasteiger partial charge in [0.15, 0.2) is 6.54 Å². The summed E-state index contributed by atoms with van der Waals surface area (Å²) in [4.78, 5) is 29.0. The first-order chi connectivity index (χ1) is 14.6. The highest BCUT2D eigenvalue weighted by molar-refractivity contribution is 6.30. The molecule has 0 radical (unpaired) electrons. The van der Waals surface area contributed by atoms with E-state index < -0.39 is 0 Å². The fraction of sp³-hybridized carbons (Fsp3) is 0.391. The Morgan fingerprint density at radius 3 is 2.43 bits per heavy atom. The van der Waals surface area contributed by atoms with Crippen LogP contribution in [-0.2, 0) is 16.1 Å². The molecule has 2 fully saturated rings. The third-order valence-corrected chi connectivity index (χ3v) is 6.19. The number of rotatable bonds is 6.